The van der Waals surface area contributed by atoms with Crippen LogP contribution >= 0.6 is 0 Å². The molecule has 0 saturated heterocycles. The van der Waals surface area contributed by atoms with Crippen LogP contribution in [0.2, 0.25) is 0 Å². The van der Waals surface area contributed by atoms with E-state index < -0.39 is 5.41 Å². The number of nitrogens with zero attached hydrogens (tertiary/aromatic N) is 1. The first-order valence-electron chi connectivity index (χ1n) is 11.3. The number of amides is 1. The lowest BCUT2D eigenvalue weighted by atomic mass is 9.84. The second-order valence-electron chi connectivity index (χ2n) is 8.60. The number of benzene rings is 2. The third-order valence-electron chi connectivity index (χ3n) is 6.44. The lowest BCUT2D eigenvalue weighted by Gasteiger charge is -2.19. The van der Waals surface area contributed by atoms with E-state index in [2.05, 4.69) is 16.4 Å². The van der Waals surface area contributed by atoms with Gasteiger partial charge in [-0.2, -0.15) is 0 Å². The van der Waals surface area contributed by atoms with E-state index in [0.29, 0.717) is 19.4 Å². The van der Waals surface area contributed by atoms with Gasteiger partial charge in [0.05, 0.1) is 0 Å². The lowest BCUT2D eigenvalue weighted by Crippen LogP contribution is -2.24. The summed E-state index contributed by atoms with van der Waals surface area (Å²) in [5, 5.41) is 3.00. The Kier molecular flexibility index (Phi) is 6.93. The van der Waals surface area contributed by atoms with Gasteiger partial charge in [0.1, 0.15) is 11.6 Å². The van der Waals surface area contributed by atoms with Gasteiger partial charge in [0, 0.05) is 30.8 Å². The van der Waals surface area contributed by atoms with Crippen LogP contribution in [0.3, 0.4) is 0 Å². The molecule has 3 nitrogen and oxygen atoms in total. The van der Waals surface area contributed by atoms with Crippen LogP contribution in [0, 0.1) is 17.6 Å². The van der Waals surface area contributed by atoms with Gasteiger partial charge in [-0.25, -0.2) is 8.78 Å². The maximum atomic E-state index is 13.9. The number of carbonyl (C=O) groups excluding carboxylic acids is 1. The zero-order chi connectivity index (χ0) is 22.4. The Bertz CT molecular complexity index is 1010. The summed E-state index contributed by atoms with van der Waals surface area (Å²) in [4.78, 5) is 16.5. The molecule has 1 heterocycles. The fourth-order valence-electron chi connectivity index (χ4n) is 4.71. The highest BCUT2D eigenvalue weighted by Crippen LogP contribution is 2.60. The Labute approximate surface area is 187 Å². The molecule has 1 amide bonds. The van der Waals surface area contributed by atoms with Crippen molar-refractivity contribution in [2.45, 2.75) is 43.9 Å². The van der Waals surface area contributed by atoms with Crippen molar-refractivity contribution in [3.63, 3.8) is 0 Å². The molecule has 1 saturated carbocycles. The molecule has 1 aliphatic carbocycles. The number of hydrogen-bond donors (Lipinski definition) is 1. The number of hydrogen-bond acceptors (Lipinski definition) is 2. The average Bonchev–Trinajstić information content (AvgIpc) is 3.54. The Hall–Kier alpha value is -3.08. The summed E-state index contributed by atoms with van der Waals surface area (Å²) < 4.78 is 27.9. The highest BCUT2D eigenvalue weighted by Gasteiger charge is 2.56. The predicted molar refractivity (Wildman–Crippen MR) is 121 cm³/mol. The molecule has 1 atom stereocenters. The highest BCUT2D eigenvalue weighted by molar-refractivity contribution is 5.76. The van der Waals surface area contributed by atoms with Crippen molar-refractivity contribution in [2.75, 3.05) is 6.54 Å². The lowest BCUT2D eigenvalue weighted by molar-refractivity contribution is -0.121. The predicted octanol–water partition coefficient (Wildman–Crippen LogP) is 5.59. The van der Waals surface area contributed by atoms with Crippen LogP contribution < -0.4 is 5.32 Å². The molecule has 32 heavy (non-hydrogen) atoms. The summed E-state index contributed by atoms with van der Waals surface area (Å²) >= 11 is 0. The Morgan fingerprint density at radius 1 is 1.00 bits per heavy atom. The van der Waals surface area contributed by atoms with Crippen molar-refractivity contribution in [3.8, 4) is 0 Å². The van der Waals surface area contributed by atoms with Gasteiger partial charge in [0.2, 0.25) is 5.91 Å². The van der Waals surface area contributed by atoms with E-state index in [9.17, 15) is 13.6 Å². The van der Waals surface area contributed by atoms with Crippen LogP contribution in [0.5, 0.6) is 0 Å². The van der Waals surface area contributed by atoms with Crippen molar-refractivity contribution in [2.24, 2.45) is 5.92 Å². The second-order valence-corrected chi connectivity index (χ2v) is 8.60. The third kappa shape index (κ3) is 5.21. The molecule has 0 unspecified atom stereocenters. The van der Waals surface area contributed by atoms with E-state index in [-0.39, 0.29) is 23.5 Å². The summed E-state index contributed by atoms with van der Waals surface area (Å²) in [7, 11) is 0. The van der Waals surface area contributed by atoms with Crippen molar-refractivity contribution >= 4 is 5.91 Å². The summed E-state index contributed by atoms with van der Waals surface area (Å²) in [5.74, 6) is -0.381. The van der Waals surface area contributed by atoms with Crippen molar-refractivity contribution in [3.05, 3.63) is 101 Å². The van der Waals surface area contributed by atoms with E-state index in [1.54, 1.807) is 18.3 Å². The molecule has 3 aromatic rings. The molecular formula is C27H28F2N2O. The fraction of sp³-hybridized carbons (Fsp3) is 0.333. The first-order chi connectivity index (χ1) is 15.6. The molecule has 2 aromatic carbocycles. The zero-order valence-electron chi connectivity index (χ0n) is 18.1. The largest absolute Gasteiger partial charge is 0.356 e. The molecule has 1 N–H and O–H groups in total. The van der Waals surface area contributed by atoms with Gasteiger partial charge in [0.15, 0.2) is 0 Å². The van der Waals surface area contributed by atoms with Crippen LogP contribution in [0.15, 0.2) is 73.1 Å². The summed E-state index contributed by atoms with van der Waals surface area (Å²) in [5.41, 5.74) is 2.49. The number of halogens is 2. The summed E-state index contributed by atoms with van der Waals surface area (Å²) in [6.45, 7) is 0.655. The van der Waals surface area contributed by atoms with Crippen molar-refractivity contribution < 1.29 is 13.6 Å². The molecular weight excluding hydrogens is 406 g/mol. The molecule has 1 fully saturated rings. The van der Waals surface area contributed by atoms with Crippen LogP contribution in [-0.2, 0) is 16.6 Å². The van der Waals surface area contributed by atoms with Crippen LogP contribution in [0.4, 0.5) is 8.78 Å². The smallest absolute Gasteiger partial charge is 0.220 e. The minimum absolute atomic E-state index is 0.0330. The first-order valence-corrected chi connectivity index (χ1v) is 11.3. The average molecular weight is 435 g/mol. The second kappa shape index (κ2) is 10.0. The number of nitrogens with one attached hydrogen (secondary N) is 1. The number of unbranched alkanes of at least 4 members (excludes halogenated alkanes) is 1. The number of rotatable bonds is 10. The highest BCUT2D eigenvalue weighted by atomic mass is 19.1. The molecule has 0 bridgehead atoms. The van der Waals surface area contributed by atoms with E-state index in [0.717, 1.165) is 36.8 Å². The monoisotopic (exact) mass is 434 g/mol. The van der Waals surface area contributed by atoms with Crippen molar-refractivity contribution in [1.82, 2.24) is 10.3 Å². The van der Waals surface area contributed by atoms with E-state index in [1.165, 1.54) is 29.8 Å². The standard InChI is InChI=1S/C27H28F2N2O/c28-24-10-3-8-21(16-24)27(22-9-4-11-25(29)17-22)18-23(27)12-13-26(32)31-15-2-1-6-20-7-5-14-30-19-20/h3-5,7-11,14,16-17,19,23H,1-2,6,12-13,15,18H2,(H,31,32)/t23-/m0/s1. The van der Waals surface area contributed by atoms with Gasteiger partial charge in [-0.15, -0.1) is 0 Å². The Balaban J connectivity index is 1.29. The normalized spacial score (nSPS) is 16.5. The SMILES string of the molecule is O=C(CC[C@H]1CC1(c1cccc(F)c1)c1cccc(F)c1)NCCCCc1cccnc1. The molecule has 1 aliphatic rings. The Morgan fingerprint density at radius 3 is 2.34 bits per heavy atom. The molecule has 0 aliphatic heterocycles. The molecule has 166 valence electrons. The van der Waals surface area contributed by atoms with Gasteiger partial charge in [-0.3, -0.25) is 9.78 Å². The van der Waals surface area contributed by atoms with E-state index in [4.69, 9.17) is 0 Å². The topological polar surface area (TPSA) is 42.0 Å². The van der Waals surface area contributed by atoms with Gasteiger partial charge >= 0.3 is 0 Å². The Morgan fingerprint density at radius 2 is 1.72 bits per heavy atom. The third-order valence-corrected chi connectivity index (χ3v) is 6.44. The van der Waals surface area contributed by atoms with Gasteiger partial charge in [0.25, 0.3) is 0 Å². The van der Waals surface area contributed by atoms with Crippen LogP contribution in [-0.4, -0.2) is 17.4 Å². The van der Waals surface area contributed by atoms with Crippen LogP contribution in [0.25, 0.3) is 0 Å². The quantitative estimate of drug-likeness (QED) is 0.423. The number of pyridine rings is 1. The van der Waals surface area contributed by atoms with Gasteiger partial charge in [-0.1, -0.05) is 30.3 Å². The molecule has 0 radical (unpaired) electrons. The first kappa shape index (κ1) is 22.1. The molecule has 4 rings (SSSR count). The fourth-order valence-corrected chi connectivity index (χ4v) is 4.71. The minimum Gasteiger partial charge on any atom is -0.356 e. The zero-order valence-corrected chi connectivity index (χ0v) is 18.1. The number of aryl methyl sites for hydroxylation is 1. The molecule has 5 heteroatoms. The maximum absolute atomic E-state index is 13.9. The molecule has 1 aromatic heterocycles. The van der Waals surface area contributed by atoms with E-state index >= 15 is 0 Å². The summed E-state index contributed by atoms with van der Waals surface area (Å²) in [6, 6.07) is 17.1. The number of aromatic nitrogens is 1. The molecule has 0 spiro atoms. The summed E-state index contributed by atoms with van der Waals surface area (Å²) in [6.07, 6.45) is 8.40. The van der Waals surface area contributed by atoms with E-state index in [1.807, 2.05) is 24.4 Å². The van der Waals surface area contributed by atoms with Gasteiger partial charge < -0.3 is 5.32 Å². The minimum atomic E-state index is -0.422. The van der Waals surface area contributed by atoms with Crippen LogP contribution in [0.1, 0.15) is 48.8 Å². The van der Waals surface area contributed by atoms with Crippen molar-refractivity contribution in [1.29, 1.82) is 0 Å². The number of carbonyl (C=O) groups is 1. The van der Waals surface area contributed by atoms with Gasteiger partial charge in [-0.05, 0) is 85.0 Å². The maximum Gasteiger partial charge on any atom is 0.220 e.